The summed E-state index contributed by atoms with van der Waals surface area (Å²) in [6, 6.07) is 10.7. The van der Waals surface area contributed by atoms with E-state index in [0.29, 0.717) is 16.6 Å². The number of nitrogens with zero attached hydrogens (tertiary/aromatic N) is 1. The molecule has 1 N–H and O–H groups in total. The van der Waals surface area contributed by atoms with Crippen molar-refractivity contribution in [1.29, 1.82) is 0 Å². The number of halogens is 2. The molecule has 0 aliphatic rings. The summed E-state index contributed by atoms with van der Waals surface area (Å²) in [5.41, 5.74) is 3.98. The van der Waals surface area contributed by atoms with Crippen LogP contribution < -0.4 is 5.32 Å². The first kappa shape index (κ1) is 23.2. The number of amides is 2. The van der Waals surface area contributed by atoms with Crippen molar-refractivity contribution < 1.29 is 9.59 Å². The fourth-order valence-electron chi connectivity index (χ4n) is 3.26. The van der Waals surface area contributed by atoms with E-state index in [0.717, 1.165) is 28.7 Å². The van der Waals surface area contributed by atoms with Crippen LogP contribution in [0.25, 0.3) is 0 Å². The molecule has 2 aromatic rings. The number of carbonyl (C=O) groups is 2. The monoisotopic (exact) mass is 434 g/mol. The van der Waals surface area contributed by atoms with E-state index >= 15 is 0 Å². The van der Waals surface area contributed by atoms with Crippen molar-refractivity contribution >= 4 is 35.0 Å². The van der Waals surface area contributed by atoms with Crippen LogP contribution in [0.5, 0.6) is 0 Å². The predicted molar refractivity (Wildman–Crippen MR) is 119 cm³/mol. The Morgan fingerprint density at radius 1 is 1.00 bits per heavy atom. The molecular weight excluding hydrogens is 407 g/mol. The van der Waals surface area contributed by atoms with Gasteiger partial charge >= 0.3 is 0 Å². The van der Waals surface area contributed by atoms with Gasteiger partial charge in [-0.1, -0.05) is 65.5 Å². The van der Waals surface area contributed by atoms with Crippen LogP contribution in [-0.2, 0) is 22.6 Å². The van der Waals surface area contributed by atoms with Gasteiger partial charge in [0, 0.05) is 13.1 Å². The first-order valence-electron chi connectivity index (χ1n) is 9.79. The average Bonchev–Trinajstić information content (AvgIpc) is 2.65. The third kappa shape index (κ3) is 6.76. The smallest absolute Gasteiger partial charge is 0.242 e. The van der Waals surface area contributed by atoms with Gasteiger partial charge in [-0.05, 0) is 50.5 Å². The fourth-order valence-corrected chi connectivity index (χ4v) is 3.58. The highest BCUT2D eigenvalue weighted by atomic mass is 35.5. The number of aryl methyl sites for hydroxylation is 2. The van der Waals surface area contributed by atoms with Crippen LogP contribution in [0.3, 0.4) is 0 Å². The van der Waals surface area contributed by atoms with Crippen LogP contribution >= 0.6 is 23.2 Å². The lowest BCUT2D eigenvalue weighted by molar-refractivity contribution is -0.140. The van der Waals surface area contributed by atoms with Gasteiger partial charge in [-0.15, -0.1) is 0 Å². The van der Waals surface area contributed by atoms with Crippen molar-refractivity contribution in [2.24, 2.45) is 0 Å². The minimum absolute atomic E-state index is 0.111. The number of hydrogen-bond acceptors (Lipinski definition) is 2. The molecule has 156 valence electrons. The van der Waals surface area contributed by atoms with E-state index < -0.39 is 6.04 Å². The van der Waals surface area contributed by atoms with E-state index in [1.165, 1.54) is 0 Å². The molecule has 0 saturated carbocycles. The largest absolute Gasteiger partial charge is 0.354 e. The van der Waals surface area contributed by atoms with Crippen LogP contribution in [0.4, 0.5) is 0 Å². The van der Waals surface area contributed by atoms with Crippen molar-refractivity contribution in [1.82, 2.24) is 10.2 Å². The SMILES string of the molecule is CCCNC(=O)[C@H](C)N(Cc1ccc(Cl)c(Cl)c1)C(=O)Cc1cc(C)cc(C)c1. The van der Waals surface area contributed by atoms with E-state index in [2.05, 4.69) is 11.4 Å². The first-order valence-corrected chi connectivity index (χ1v) is 10.5. The third-order valence-electron chi connectivity index (χ3n) is 4.69. The first-order chi connectivity index (χ1) is 13.7. The molecule has 0 radical (unpaired) electrons. The zero-order chi connectivity index (χ0) is 21.6. The molecule has 0 bridgehead atoms. The van der Waals surface area contributed by atoms with Gasteiger partial charge in [-0.25, -0.2) is 0 Å². The number of rotatable bonds is 8. The van der Waals surface area contributed by atoms with E-state index in [9.17, 15) is 9.59 Å². The van der Waals surface area contributed by atoms with Crippen LogP contribution in [0, 0.1) is 13.8 Å². The quantitative estimate of drug-likeness (QED) is 0.628. The number of carbonyl (C=O) groups excluding carboxylic acids is 2. The van der Waals surface area contributed by atoms with Gasteiger partial charge < -0.3 is 10.2 Å². The van der Waals surface area contributed by atoms with Crippen LogP contribution in [-0.4, -0.2) is 29.3 Å². The van der Waals surface area contributed by atoms with E-state index in [4.69, 9.17) is 23.2 Å². The molecule has 6 heteroatoms. The van der Waals surface area contributed by atoms with Gasteiger partial charge in [0.2, 0.25) is 11.8 Å². The highest BCUT2D eigenvalue weighted by Gasteiger charge is 2.26. The molecule has 0 aliphatic carbocycles. The van der Waals surface area contributed by atoms with Crippen molar-refractivity contribution in [3.05, 3.63) is 68.7 Å². The Morgan fingerprint density at radius 2 is 1.66 bits per heavy atom. The summed E-state index contributed by atoms with van der Waals surface area (Å²) >= 11 is 12.1. The summed E-state index contributed by atoms with van der Waals surface area (Å²) in [5.74, 6) is -0.277. The van der Waals surface area contributed by atoms with Crippen LogP contribution in [0.15, 0.2) is 36.4 Å². The normalized spacial score (nSPS) is 11.8. The molecular formula is C23H28Cl2N2O2. The van der Waals surface area contributed by atoms with Crippen molar-refractivity contribution in [2.75, 3.05) is 6.54 Å². The zero-order valence-corrected chi connectivity index (χ0v) is 18.9. The summed E-state index contributed by atoms with van der Waals surface area (Å²) in [7, 11) is 0. The summed E-state index contributed by atoms with van der Waals surface area (Å²) in [6.45, 7) is 8.62. The van der Waals surface area contributed by atoms with Crippen molar-refractivity contribution in [2.45, 2.75) is 53.1 Å². The number of hydrogen-bond donors (Lipinski definition) is 1. The van der Waals surface area contributed by atoms with E-state index in [1.54, 1.807) is 24.0 Å². The van der Waals surface area contributed by atoms with Gasteiger partial charge in [0.25, 0.3) is 0 Å². The summed E-state index contributed by atoms with van der Waals surface area (Å²) < 4.78 is 0. The summed E-state index contributed by atoms with van der Waals surface area (Å²) in [5, 5.41) is 3.76. The zero-order valence-electron chi connectivity index (χ0n) is 17.4. The molecule has 0 heterocycles. The second kappa shape index (κ2) is 10.7. The van der Waals surface area contributed by atoms with Gasteiger partial charge in [-0.3, -0.25) is 9.59 Å². The Hall–Kier alpha value is -2.04. The molecule has 0 saturated heterocycles. The molecule has 2 aromatic carbocycles. The Kier molecular flexibility index (Phi) is 8.54. The lowest BCUT2D eigenvalue weighted by Crippen LogP contribution is -2.48. The fraction of sp³-hybridized carbons (Fsp3) is 0.391. The van der Waals surface area contributed by atoms with Crippen LogP contribution in [0.2, 0.25) is 10.0 Å². The molecule has 0 unspecified atom stereocenters. The second-order valence-electron chi connectivity index (χ2n) is 7.41. The van der Waals surface area contributed by atoms with Crippen LogP contribution in [0.1, 0.15) is 42.5 Å². The molecule has 0 fully saturated rings. The molecule has 2 rings (SSSR count). The maximum Gasteiger partial charge on any atom is 0.242 e. The third-order valence-corrected chi connectivity index (χ3v) is 5.43. The molecule has 2 amide bonds. The summed E-state index contributed by atoms with van der Waals surface area (Å²) in [4.78, 5) is 27.4. The highest BCUT2D eigenvalue weighted by molar-refractivity contribution is 6.42. The second-order valence-corrected chi connectivity index (χ2v) is 8.22. The Labute approximate surface area is 183 Å². The molecule has 0 aliphatic heterocycles. The highest BCUT2D eigenvalue weighted by Crippen LogP contribution is 2.24. The minimum Gasteiger partial charge on any atom is -0.354 e. The standard InChI is InChI=1S/C23H28Cl2N2O2/c1-5-8-26-23(29)17(4)27(14-18-6-7-20(24)21(25)12-18)22(28)13-19-10-15(2)9-16(3)11-19/h6-7,9-12,17H,5,8,13-14H2,1-4H3,(H,26,29)/t17-/m0/s1. The lowest BCUT2D eigenvalue weighted by Gasteiger charge is -2.29. The van der Waals surface area contributed by atoms with E-state index in [-0.39, 0.29) is 24.8 Å². The molecule has 1 atom stereocenters. The lowest BCUT2D eigenvalue weighted by atomic mass is 10.0. The van der Waals surface area contributed by atoms with Gasteiger partial charge in [-0.2, -0.15) is 0 Å². The van der Waals surface area contributed by atoms with Crippen molar-refractivity contribution in [3.8, 4) is 0 Å². The molecule has 0 aromatic heterocycles. The van der Waals surface area contributed by atoms with Gasteiger partial charge in [0.1, 0.15) is 6.04 Å². The molecule has 29 heavy (non-hydrogen) atoms. The average molecular weight is 435 g/mol. The van der Waals surface area contributed by atoms with E-state index in [1.807, 2.05) is 39.0 Å². The molecule has 4 nitrogen and oxygen atoms in total. The predicted octanol–water partition coefficient (Wildman–Crippen LogP) is 5.10. The van der Waals surface area contributed by atoms with Crippen molar-refractivity contribution in [3.63, 3.8) is 0 Å². The maximum atomic E-state index is 13.2. The number of nitrogens with one attached hydrogen (secondary N) is 1. The minimum atomic E-state index is -0.602. The van der Waals surface area contributed by atoms with Gasteiger partial charge in [0.15, 0.2) is 0 Å². The topological polar surface area (TPSA) is 49.4 Å². The summed E-state index contributed by atoms with van der Waals surface area (Å²) in [6.07, 6.45) is 1.07. The Balaban J connectivity index is 2.27. The number of benzene rings is 2. The maximum absolute atomic E-state index is 13.2. The Bertz CT molecular complexity index is 863. The Morgan fingerprint density at radius 3 is 2.24 bits per heavy atom. The van der Waals surface area contributed by atoms with Gasteiger partial charge in [0.05, 0.1) is 16.5 Å². The molecule has 0 spiro atoms.